The number of aryl methyl sites for hydroxylation is 1. The van der Waals surface area contributed by atoms with Gasteiger partial charge in [-0.25, -0.2) is 4.98 Å². The van der Waals surface area contributed by atoms with Gasteiger partial charge in [-0.2, -0.15) is 0 Å². The van der Waals surface area contributed by atoms with Gasteiger partial charge in [-0.05, 0) is 58.8 Å². The van der Waals surface area contributed by atoms with Crippen LogP contribution in [0.4, 0.5) is 0 Å². The third-order valence-electron chi connectivity index (χ3n) is 5.85. The van der Waals surface area contributed by atoms with Crippen LogP contribution in [-0.4, -0.2) is 45.7 Å². The summed E-state index contributed by atoms with van der Waals surface area (Å²) in [5.74, 6) is 0. The SMILES string of the molecule is Cc1[nH]c(=O)c2ncc3c(ccn3Cc3ccc(I)cc3)c2c1CN1CCOCC1. The fourth-order valence-electron chi connectivity index (χ4n) is 4.23. The van der Waals surface area contributed by atoms with Crippen LogP contribution >= 0.6 is 22.6 Å². The molecule has 0 atom stereocenters. The molecule has 0 saturated carbocycles. The van der Waals surface area contributed by atoms with E-state index in [0.717, 1.165) is 66.9 Å². The predicted molar refractivity (Wildman–Crippen MR) is 127 cm³/mol. The van der Waals surface area contributed by atoms with Gasteiger partial charge in [-0.1, -0.05) is 12.1 Å². The minimum absolute atomic E-state index is 0.125. The zero-order valence-corrected chi connectivity index (χ0v) is 19.0. The maximum Gasteiger partial charge on any atom is 0.274 e. The van der Waals surface area contributed by atoms with Crippen LogP contribution in [-0.2, 0) is 17.8 Å². The molecule has 4 aromatic rings. The van der Waals surface area contributed by atoms with Crippen molar-refractivity contribution in [2.24, 2.45) is 0 Å². The summed E-state index contributed by atoms with van der Waals surface area (Å²) >= 11 is 2.32. The molecule has 30 heavy (non-hydrogen) atoms. The number of aromatic amines is 1. The van der Waals surface area contributed by atoms with E-state index in [1.54, 1.807) is 0 Å². The van der Waals surface area contributed by atoms with Crippen LogP contribution in [0.2, 0.25) is 0 Å². The van der Waals surface area contributed by atoms with Gasteiger partial charge in [0, 0.05) is 52.4 Å². The Balaban J connectivity index is 1.63. The van der Waals surface area contributed by atoms with Crippen molar-refractivity contribution in [2.75, 3.05) is 26.3 Å². The van der Waals surface area contributed by atoms with E-state index in [1.807, 2.05) is 13.1 Å². The lowest BCUT2D eigenvalue weighted by Gasteiger charge is -2.27. The molecule has 1 aliphatic heterocycles. The summed E-state index contributed by atoms with van der Waals surface area (Å²) in [5, 5.41) is 2.06. The van der Waals surface area contributed by atoms with Crippen molar-refractivity contribution in [3.05, 3.63) is 73.5 Å². The summed E-state index contributed by atoms with van der Waals surface area (Å²) in [5.41, 5.74) is 4.75. The highest BCUT2D eigenvalue weighted by atomic mass is 127. The van der Waals surface area contributed by atoms with E-state index in [4.69, 9.17) is 4.74 Å². The number of morpholine rings is 1. The van der Waals surface area contributed by atoms with Crippen LogP contribution in [0.5, 0.6) is 0 Å². The normalized spacial score (nSPS) is 15.3. The van der Waals surface area contributed by atoms with Crippen LogP contribution in [0.25, 0.3) is 21.8 Å². The number of hydrogen-bond donors (Lipinski definition) is 1. The van der Waals surface area contributed by atoms with Gasteiger partial charge in [0.25, 0.3) is 5.56 Å². The van der Waals surface area contributed by atoms with Crippen LogP contribution in [0.1, 0.15) is 16.8 Å². The molecule has 3 aromatic heterocycles. The number of nitrogens with zero attached hydrogens (tertiary/aromatic N) is 3. The molecule has 1 aromatic carbocycles. The Morgan fingerprint density at radius 3 is 2.67 bits per heavy atom. The highest BCUT2D eigenvalue weighted by Crippen LogP contribution is 2.28. The molecule has 154 valence electrons. The predicted octanol–water partition coefficient (Wildman–Crippen LogP) is 3.67. The maximum atomic E-state index is 12.7. The smallest absolute Gasteiger partial charge is 0.274 e. The summed E-state index contributed by atoms with van der Waals surface area (Å²) in [6, 6.07) is 10.7. The van der Waals surface area contributed by atoms with Crippen LogP contribution in [0, 0.1) is 10.5 Å². The Morgan fingerprint density at radius 2 is 1.90 bits per heavy atom. The molecule has 0 aliphatic carbocycles. The number of aromatic nitrogens is 3. The lowest BCUT2D eigenvalue weighted by atomic mass is 10.0. The summed E-state index contributed by atoms with van der Waals surface area (Å²) < 4.78 is 8.93. The highest BCUT2D eigenvalue weighted by Gasteiger charge is 2.19. The Morgan fingerprint density at radius 1 is 1.13 bits per heavy atom. The molecule has 0 bridgehead atoms. The monoisotopic (exact) mass is 514 g/mol. The van der Waals surface area contributed by atoms with Gasteiger partial charge in [0.05, 0.1) is 24.9 Å². The van der Waals surface area contributed by atoms with Crippen LogP contribution < -0.4 is 5.56 Å². The zero-order valence-electron chi connectivity index (χ0n) is 16.8. The van der Waals surface area contributed by atoms with Crippen molar-refractivity contribution in [2.45, 2.75) is 20.0 Å². The third-order valence-corrected chi connectivity index (χ3v) is 6.57. The molecule has 1 fully saturated rings. The molecular weight excluding hydrogens is 491 g/mol. The molecule has 0 amide bonds. The van der Waals surface area contributed by atoms with E-state index in [2.05, 4.69) is 78.6 Å². The molecule has 4 heterocycles. The van der Waals surface area contributed by atoms with Crippen molar-refractivity contribution in [1.29, 1.82) is 0 Å². The number of halogens is 1. The first-order valence-electron chi connectivity index (χ1n) is 10.1. The molecule has 1 N–H and O–H groups in total. The first-order valence-corrected chi connectivity index (χ1v) is 11.2. The molecule has 0 radical (unpaired) electrons. The van der Waals surface area contributed by atoms with E-state index < -0.39 is 0 Å². The third kappa shape index (κ3) is 3.66. The maximum absolute atomic E-state index is 12.7. The van der Waals surface area contributed by atoms with E-state index >= 15 is 0 Å². The molecule has 6 nitrogen and oxygen atoms in total. The van der Waals surface area contributed by atoms with Crippen molar-refractivity contribution >= 4 is 44.4 Å². The molecular formula is C23H23IN4O2. The number of nitrogens with one attached hydrogen (secondary N) is 1. The summed E-state index contributed by atoms with van der Waals surface area (Å²) in [4.78, 5) is 22.6. The van der Waals surface area contributed by atoms with Crippen LogP contribution in [0.15, 0.2) is 47.5 Å². The standard InChI is InChI=1S/C23H23IN4O2/c1-15-19(14-27-8-10-30-11-9-27)21-18-6-7-28(13-16-2-4-17(24)5-3-16)20(18)12-25-22(21)23(29)26-15/h2-7,12H,8-11,13-14H2,1H3,(H,26,29). The summed E-state index contributed by atoms with van der Waals surface area (Å²) in [6.45, 7) is 6.84. The highest BCUT2D eigenvalue weighted by molar-refractivity contribution is 14.1. The first kappa shape index (κ1) is 19.7. The summed E-state index contributed by atoms with van der Waals surface area (Å²) in [7, 11) is 0. The van der Waals surface area contributed by atoms with E-state index in [-0.39, 0.29) is 5.56 Å². The van der Waals surface area contributed by atoms with E-state index in [1.165, 1.54) is 9.13 Å². The number of ether oxygens (including phenoxy) is 1. The van der Waals surface area contributed by atoms with Gasteiger partial charge in [0.15, 0.2) is 0 Å². The fourth-order valence-corrected chi connectivity index (χ4v) is 4.59. The largest absolute Gasteiger partial charge is 0.379 e. The van der Waals surface area contributed by atoms with Gasteiger partial charge >= 0.3 is 0 Å². The molecule has 1 saturated heterocycles. The van der Waals surface area contributed by atoms with E-state index in [0.29, 0.717) is 5.52 Å². The Kier molecular flexibility index (Phi) is 5.34. The first-order chi connectivity index (χ1) is 14.6. The molecule has 1 aliphatic rings. The van der Waals surface area contributed by atoms with Gasteiger partial charge in [0.1, 0.15) is 5.52 Å². The van der Waals surface area contributed by atoms with E-state index in [9.17, 15) is 4.79 Å². The topological polar surface area (TPSA) is 63.2 Å². The number of fused-ring (bicyclic) bond motifs is 3. The van der Waals surface area contributed by atoms with Crippen molar-refractivity contribution in [3.63, 3.8) is 0 Å². The van der Waals surface area contributed by atoms with Crippen LogP contribution in [0.3, 0.4) is 0 Å². The second-order valence-corrected chi connectivity index (χ2v) is 9.04. The van der Waals surface area contributed by atoms with Crippen molar-refractivity contribution in [3.8, 4) is 0 Å². The van der Waals surface area contributed by atoms with Crippen molar-refractivity contribution in [1.82, 2.24) is 19.4 Å². The van der Waals surface area contributed by atoms with Gasteiger partial charge in [0.2, 0.25) is 0 Å². The molecule has 0 spiro atoms. The number of H-pyrrole nitrogens is 1. The second-order valence-electron chi connectivity index (χ2n) is 7.80. The average Bonchev–Trinajstić information content (AvgIpc) is 3.16. The Hall–Kier alpha value is -2.23. The van der Waals surface area contributed by atoms with Gasteiger partial charge < -0.3 is 14.3 Å². The number of benzene rings is 1. The minimum atomic E-state index is -0.125. The number of rotatable bonds is 4. The summed E-state index contributed by atoms with van der Waals surface area (Å²) in [6.07, 6.45) is 3.92. The van der Waals surface area contributed by atoms with Gasteiger partial charge in [-0.3, -0.25) is 9.69 Å². The quantitative estimate of drug-likeness (QED) is 0.423. The average molecular weight is 514 g/mol. The molecule has 7 heteroatoms. The second kappa shape index (κ2) is 8.13. The minimum Gasteiger partial charge on any atom is -0.379 e. The Bertz CT molecular complexity index is 1270. The lowest BCUT2D eigenvalue weighted by Crippen LogP contribution is -2.36. The molecule has 0 unspecified atom stereocenters. The Labute approximate surface area is 188 Å². The zero-order chi connectivity index (χ0) is 20.7. The molecule has 5 rings (SSSR count). The van der Waals surface area contributed by atoms with Gasteiger partial charge in [-0.15, -0.1) is 0 Å². The fraction of sp³-hybridized carbons (Fsp3) is 0.304. The number of hydrogen-bond acceptors (Lipinski definition) is 4. The number of pyridine rings is 2. The lowest BCUT2D eigenvalue weighted by molar-refractivity contribution is 0.0342. The van der Waals surface area contributed by atoms with Crippen molar-refractivity contribution < 1.29 is 4.74 Å².